The van der Waals surface area contributed by atoms with Gasteiger partial charge in [-0.1, -0.05) is 84.4 Å². The molecule has 2 aromatic rings. The molecule has 0 radical (unpaired) electrons. The molecule has 0 bridgehead atoms. The molecule has 3 heterocycles. The van der Waals surface area contributed by atoms with Crippen molar-refractivity contribution in [2.75, 3.05) is 37.8 Å². The Hall–Kier alpha value is -2.77. The molecule has 29 heteroatoms. The molecule has 1 aliphatic heterocycles. The lowest BCUT2D eigenvalue weighted by Gasteiger charge is -2.30. The molecule has 25 nitrogen and oxygen atoms in total. The van der Waals surface area contributed by atoms with Gasteiger partial charge in [-0.25, -0.2) is 28.6 Å². The van der Waals surface area contributed by atoms with Gasteiger partial charge in [0, 0.05) is 37.1 Å². The highest BCUT2D eigenvalue weighted by Gasteiger charge is 2.50. The summed E-state index contributed by atoms with van der Waals surface area (Å²) in [5, 5.41) is 26.2. The van der Waals surface area contributed by atoms with E-state index in [1.54, 1.807) is 0 Å². The second kappa shape index (κ2) is 26.1. The molecular formula is C36H62N7O18P3S. The van der Waals surface area contributed by atoms with Crippen molar-refractivity contribution in [3.05, 3.63) is 12.7 Å². The first-order valence-corrected chi connectivity index (χ1v) is 26.4. The molecule has 65 heavy (non-hydrogen) atoms. The van der Waals surface area contributed by atoms with Gasteiger partial charge in [0.15, 0.2) is 22.8 Å². The molecule has 2 aromatic heterocycles. The van der Waals surface area contributed by atoms with Gasteiger partial charge in [-0.2, -0.15) is 4.31 Å². The number of phosphoric acid groups is 3. The number of rotatable bonds is 31. The lowest BCUT2D eigenvalue weighted by Crippen LogP contribution is -2.46. The van der Waals surface area contributed by atoms with E-state index in [0.717, 1.165) is 60.6 Å². The highest BCUT2D eigenvalue weighted by Crippen LogP contribution is 2.61. The van der Waals surface area contributed by atoms with Crippen LogP contribution in [-0.4, -0.2) is 128 Å². The fourth-order valence-electron chi connectivity index (χ4n) is 6.35. The van der Waals surface area contributed by atoms with Crippen LogP contribution in [0, 0.1) is 11.3 Å². The molecular weight excluding hydrogens is 943 g/mol. The number of carbonyl (C=O) groups excluding carboxylic acids is 4. The zero-order valence-corrected chi connectivity index (χ0v) is 40.1. The molecule has 2 unspecified atom stereocenters. The molecule has 0 spiro atoms. The van der Waals surface area contributed by atoms with Gasteiger partial charge in [0.05, 0.1) is 26.0 Å². The van der Waals surface area contributed by atoms with Gasteiger partial charge in [0.2, 0.25) is 11.8 Å². The van der Waals surface area contributed by atoms with E-state index in [2.05, 4.69) is 48.3 Å². The van der Waals surface area contributed by atoms with Crippen LogP contribution in [0.2, 0.25) is 0 Å². The second-order valence-electron chi connectivity index (χ2n) is 16.4. The minimum Gasteiger partial charge on any atom is -0.386 e. The normalized spacial score (nSPS) is 20.4. The Morgan fingerprint density at radius 3 is 2.23 bits per heavy atom. The summed E-state index contributed by atoms with van der Waals surface area (Å²) in [7, 11) is -16.4. The Balaban J connectivity index is 1.35. The topological polar surface area (TPSA) is 381 Å². The maximum Gasteiger partial charge on any atom is 0.481 e. The van der Waals surface area contributed by atoms with Crippen LogP contribution in [0.15, 0.2) is 12.7 Å². The predicted molar refractivity (Wildman–Crippen MR) is 233 cm³/mol. The number of Topliss-reactive ketones (excluding diaryl/α,β-unsaturated/α-hetero) is 1. The van der Waals surface area contributed by atoms with Crippen LogP contribution >= 0.6 is 35.2 Å². The van der Waals surface area contributed by atoms with E-state index in [1.807, 2.05) is 0 Å². The number of aliphatic hydroxyl groups is 2. The lowest BCUT2D eigenvalue weighted by atomic mass is 9.87. The van der Waals surface area contributed by atoms with E-state index < -0.39 is 84.6 Å². The SMILES string of the molecule is CC(C)CCCCCCCCCC(=O)CC(=O)SCCNC(=O)CCNC(=O)[C@@H](O)C(C)(C)COP(=O)(O)OP(=O)(O)OC[C@@H]1O[C@H](n2cnc3c(N)ncnc32)[C@@H](O)[C@H]1OP(=O)(O)O. The van der Waals surface area contributed by atoms with Crippen molar-refractivity contribution < 1.29 is 85.3 Å². The number of carbonyl (C=O) groups is 4. The van der Waals surface area contributed by atoms with Crippen LogP contribution in [0.1, 0.15) is 105 Å². The number of ether oxygens (including phenoxy) is 1. The number of phosphoric ester groups is 3. The summed E-state index contributed by atoms with van der Waals surface area (Å²) in [6, 6.07) is 0. The number of fused-ring (bicyclic) bond motifs is 1. The van der Waals surface area contributed by atoms with Crippen LogP contribution in [-0.2, 0) is 55.5 Å². The van der Waals surface area contributed by atoms with Crippen LogP contribution in [0.4, 0.5) is 5.82 Å². The van der Waals surface area contributed by atoms with Gasteiger partial charge >= 0.3 is 23.5 Å². The van der Waals surface area contributed by atoms with Crippen LogP contribution in [0.3, 0.4) is 0 Å². The molecule has 2 amide bonds. The van der Waals surface area contributed by atoms with E-state index >= 15 is 0 Å². The first-order valence-electron chi connectivity index (χ1n) is 20.9. The molecule has 0 saturated carbocycles. The Labute approximate surface area is 380 Å². The molecule has 3 rings (SSSR count). The molecule has 1 saturated heterocycles. The van der Waals surface area contributed by atoms with Crippen LogP contribution < -0.4 is 16.4 Å². The monoisotopic (exact) mass is 1010 g/mol. The summed E-state index contributed by atoms with van der Waals surface area (Å²) in [6.45, 7) is 4.78. The summed E-state index contributed by atoms with van der Waals surface area (Å²) in [5.74, 6) is -0.675. The van der Waals surface area contributed by atoms with Crippen molar-refractivity contribution >= 4 is 74.9 Å². The number of ketones is 1. The number of amides is 2. The van der Waals surface area contributed by atoms with E-state index in [1.165, 1.54) is 39.5 Å². The molecule has 370 valence electrons. The van der Waals surface area contributed by atoms with Crippen molar-refractivity contribution in [2.45, 2.75) is 129 Å². The Morgan fingerprint density at radius 1 is 0.923 bits per heavy atom. The van der Waals surface area contributed by atoms with E-state index in [9.17, 15) is 62.7 Å². The minimum absolute atomic E-state index is 0.0258. The number of nitrogens with zero attached hydrogens (tertiary/aromatic N) is 4. The maximum absolute atomic E-state index is 12.7. The lowest BCUT2D eigenvalue weighted by molar-refractivity contribution is -0.137. The number of hydrogen-bond acceptors (Lipinski definition) is 19. The first-order chi connectivity index (χ1) is 30.3. The van der Waals surface area contributed by atoms with Crippen molar-refractivity contribution in [3.8, 4) is 0 Å². The fraction of sp³-hybridized carbons (Fsp3) is 0.750. The van der Waals surface area contributed by atoms with Crippen molar-refractivity contribution in [1.82, 2.24) is 30.2 Å². The van der Waals surface area contributed by atoms with Gasteiger partial charge in [0.25, 0.3) is 0 Å². The summed E-state index contributed by atoms with van der Waals surface area (Å²) in [5.41, 5.74) is 4.24. The van der Waals surface area contributed by atoms with Gasteiger partial charge in [-0.3, -0.25) is 37.3 Å². The third kappa shape index (κ3) is 20.2. The first kappa shape index (κ1) is 56.6. The number of nitrogens with one attached hydrogen (secondary N) is 2. The smallest absolute Gasteiger partial charge is 0.386 e. The largest absolute Gasteiger partial charge is 0.481 e. The fourth-order valence-corrected chi connectivity index (χ4v) is 9.88. The number of nitrogen functional groups attached to an aromatic ring is 1. The number of thioether (sulfide) groups is 1. The zero-order valence-electron chi connectivity index (χ0n) is 36.6. The maximum atomic E-state index is 12.7. The number of nitrogens with two attached hydrogens (primary N) is 1. The standard InChI is InChI=1S/C36H62N7O18P3S/c1-23(2)12-10-8-6-5-7-9-11-13-24(44)18-27(46)65-17-16-38-26(45)14-15-39-34(49)31(48)36(3,4)20-58-64(55,56)61-63(53,54)57-19-25-30(60-62(50,51)52)29(47)35(59-25)43-22-42-28-32(37)40-21-41-33(28)43/h21-23,25,29-31,35,47-48H,5-20H2,1-4H3,(H,38,45)(H,39,49)(H,53,54)(H,55,56)(H2,37,40,41)(H2,50,51,52)/t25-,29-,30-,31+,35-/m0/s1. The number of anilines is 1. The third-order valence-corrected chi connectivity index (χ3v) is 13.8. The number of imidazole rings is 1. The number of hydrogen-bond donors (Lipinski definition) is 9. The van der Waals surface area contributed by atoms with Gasteiger partial charge in [-0.05, 0) is 12.3 Å². The molecule has 0 aliphatic carbocycles. The van der Waals surface area contributed by atoms with Crippen LogP contribution in [0.25, 0.3) is 11.2 Å². The Morgan fingerprint density at radius 2 is 1.57 bits per heavy atom. The Bertz CT molecular complexity index is 2040. The molecule has 1 fully saturated rings. The summed E-state index contributed by atoms with van der Waals surface area (Å²) >= 11 is 0.935. The predicted octanol–water partition coefficient (Wildman–Crippen LogP) is 2.79. The average molecular weight is 1010 g/mol. The average Bonchev–Trinajstić information content (AvgIpc) is 3.76. The summed E-state index contributed by atoms with van der Waals surface area (Å²) < 4.78 is 62.3. The van der Waals surface area contributed by atoms with Gasteiger partial charge in [-0.15, -0.1) is 0 Å². The molecule has 0 aromatic carbocycles. The minimum atomic E-state index is -5.59. The highest BCUT2D eigenvalue weighted by molar-refractivity contribution is 8.13. The van der Waals surface area contributed by atoms with Gasteiger partial charge in [0.1, 0.15) is 42.0 Å². The summed E-state index contributed by atoms with van der Waals surface area (Å²) in [4.78, 5) is 100. The van der Waals surface area contributed by atoms with E-state index in [0.29, 0.717) is 6.42 Å². The van der Waals surface area contributed by atoms with Crippen LogP contribution in [0.5, 0.6) is 0 Å². The molecule has 10 N–H and O–H groups in total. The number of unbranched alkanes of at least 4 members (excludes halogenated alkanes) is 6. The summed E-state index contributed by atoms with van der Waals surface area (Å²) in [6.07, 6.45) is 2.01. The quantitative estimate of drug-likeness (QED) is 0.0298. The molecule has 7 atom stereocenters. The number of aromatic nitrogens is 4. The highest BCUT2D eigenvalue weighted by atomic mass is 32.2. The van der Waals surface area contributed by atoms with Crippen molar-refractivity contribution in [2.24, 2.45) is 11.3 Å². The third-order valence-electron chi connectivity index (χ3n) is 9.84. The van der Waals surface area contributed by atoms with E-state index in [-0.39, 0.29) is 59.6 Å². The zero-order chi connectivity index (χ0) is 48.6. The van der Waals surface area contributed by atoms with E-state index in [4.69, 9.17) is 19.5 Å². The number of aliphatic hydroxyl groups excluding tert-OH is 2. The second-order valence-corrected chi connectivity index (χ2v) is 21.8. The Kier molecular flexibility index (Phi) is 22.7. The van der Waals surface area contributed by atoms with Crippen molar-refractivity contribution in [1.29, 1.82) is 0 Å². The van der Waals surface area contributed by atoms with Gasteiger partial charge < -0.3 is 50.9 Å². The molecule has 1 aliphatic rings. The van der Waals surface area contributed by atoms with Crippen molar-refractivity contribution in [3.63, 3.8) is 0 Å².